The first-order valence-electron chi connectivity index (χ1n) is 5.40. The fourth-order valence-electron chi connectivity index (χ4n) is 1.56. The van der Waals surface area contributed by atoms with Crippen LogP contribution in [0.5, 0.6) is 0 Å². The quantitative estimate of drug-likeness (QED) is 0.811. The highest BCUT2D eigenvalue weighted by Gasteiger charge is 2.01. The van der Waals surface area contributed by atoms with Crippen molar-refractivity contribution in [1.29, 1.82) is 0 Å². The van der Waals surface area contributed by atoms with Crippen LogP contribution >= 0.6 is 11.3 Å². The van der Waals surface area contributed by atoms with E-state index >= 15 is 0 Å². The maximum Gasteiger partial charge on any atom is 0.117 e. The van der Waals surface area contributed by atoms with E-state index in [9.17, 15) is 0 Å². The predicted octanol–water partition coefficient (Wildman–Crippen LogP) is 2.69. The van der Waals surface area contributed by atoms with Crippen LogP contribution in [0.3, 0.4) is 0 Å². The number of hydrogen-bond donors (Lipinski definition) is 1. The summed E-state index contributed by atoms with van der Waals surface area (Å²) in [5.41, 5.74) is 3.06. The van der Waals surface area contributed by atoms with Crippen molar-refractivity contribution in [2.24, 2.45) is 0 Å². The van der Waals surface area contributed by atoms with E-state index in [4.69, 9.17) is 4.42 Å². The molecule has 0 radical (unpaired) electrons. The summed E-state index contributed by atoms with van der Waals surface area (Å²) in [6.07, 6.45) is 1.04. The first-order chi connectivity index (χ1) is 7.75. The number of nitrogens with zero attached hydrogens (tertiary/aromatic N) is 1. The summed E-state index contributed by atoms with van der Waals surface area (Å²) in [7, 11) is 0. The highest BCUT2D eigenvalue weighted by atomic mass is 32.1. The molecule has 0 amide bonds. The second-order valence-corrected chi connectivity index (χ2v) is 4.74. The van der Waals surface area contributed by atoms with Crippen molar-refractivity contribution in [3.05, 3.63) is 39.7 Å². The van der Waals surface area contributed by atoms with Crippen LogP contribution < -0.4 is 5.32 Å². The van der Waals surface area contributed by atoms with E-state index in [0.29, 0.717) is 0 Å². The average Bonchev–Trinajstić information content (AvgIpc) is 2.83. The Morgan fingerprint density at radius 1 is 1.38 bits per heavy atom. The van der Waals surface area contributed by atoms with Crippen molar-refractivity contribution in [3.63, 3.8) is 0 Å². The van der Waals surface area contributed by atoms with E-state index < -0.39 is 0 Å². The Morgan fingerprint density at radius 2 is 2.25 bits per heavy atom. The van der Waals surface area contributed by atoms with Crippen LogP contribution in [0.4, 0.5) is 0 Å². The molecule has 0 saturated heterocycles. The van der Waals surface area contributed by atoms with Gasteiger partial charge in [0.15, 0.2) is 0 Å². The van der Waals surface area contributed by atoms with Crippen LogP contribution in [0.2, 0.25) is 0 Å². The van der Waals surface area contributed by atoms with Gasteiger partial charge in [-0.1, -0.05) is 0 Å². The maximum absolute atomic E-state index is 5.47. The molecule has 16 heavy (non-hydrogen) atoms. The molecule has 0 saturated carbocycles. The van der Waals surface area contributed by atoms with Crippen molar-refractivity contribution in [1.82, 2.24) is 10.3 Å². The fraction of sp³-hybridized carbons (Fsp3) is 0.417. The van der Waals surface area contributed by atoms with Crippen LogP contribution in [-0.4, -0.2) is 11.5 Å². The third-order valence-electron chi connectivity index (χ3n) is 2.47. The first-order valence-corrected chi connectivity index (χ1v) is 6.28. The summed E-state index contributed by atoms with van der Waals surface area (Å²) in [6.45, 7) is 5.78. The molecule has 0 spiro atoms. The molecule has 2 rings (SSSR count). The number of rotatable bonds is 5. The van der Waals surface area contributed by atoms with Crippen LogP contribution in [0.15, 0.2) is 22.1 Å². The fourth-order valence-corrected chi connectivity index (χ4v) is 2.34. The minimum atomic E-state index is 0.797. The Labute approximate surface area is 99.5 Å². The van der Waals surface area contributed by atoms with Crippen molar-refractivity contribution >= 4 is 11.3 Å². The number of aryl methyl sites for hydroxylation is 2. The molecule has 4 heteroatoms. The van der Waals surface area contributed by atoms with E-state index in [1.54, 1.807) is 11.3 Å². The monoisotopic (exact) mass is 236 g/mol. The summed E-state index contributed by atoms with van der Waals surface area (Å²) in [4.78, 5) is 5.59. The zero-order chi connectivity index (χ0) is 11.4. The number of hydrogen-bond acceptors (Lipinski definition) is 4. The lowest BCUT2D eigenvalue weighted by atomic mass is 10.3. The number of furan rings is 1. The third kappa shape index (κ3) is 2.93. The summed E-state index contributed by atoms with van der Waals surface area (Å²) >= 11 is 1.73. The Kier molecular flexibility index (Phi) is 3.74. The molecular weight excluding hydrogens is 220 g/mol. The Balaban J connectivity index is 1.71. The largest absolute Gasteiger partial charge is 0.465 e. The number of aromatic nitrogens is 1. The van der Waals surface area contributed by atoms with Gasteiger partial charge in [-0.2, -0.15) is 0 Å². The molecule has 0 aliphatic carbocycles. The molecule has 2 heterocycles. The van der Waals surface area contributed by atoms with Gasteiger partial charge < -0.3 is 9.73 Å². The maximum atomic E-state index is 5.47. The summed E-state index contributed by atoms with van der Waals surface area (Å²) < 4.78 is 5.47. The van der Waals surface area contributed by atoms with Crippen molar-refractivity contribution in [2.45, 2.75) is 26.8 Å². The molecule has 2 aromatic heterocycles. The first kappa shape index (κ1) is 11.4. The molecule has 0 aromatic carbocycles. The smallest absolute Gasteiger partial charge is 0.117 e. The lowest BCUT2D eigenvalue weighted by Gasteiger charge is -2.01. The lowest BCUT2D eigenvalue weighted by Crippen LogP contribution is -2.16. The van der Waals surface area contributed by atoms with Crippen molar-refractivity contribution in [2.75, 3.05) is 6.54 Å². The molecule has 0 aliphatic rings. The normalized spacial score (nSPS) is 10.9. The molecule has 0 aliphatic heterocycles. The topological polar surface area (TPSA) is 38.1 Å². The van der Waals surface area contributed by atoms with Gasteiger partial charge in [-0.15, -0.1) is 11.3 Å². The lowest BCUT2D eigenvalue weighted by molar-refractivity contribution is 0.463. The Bertz CT molecular complexity index is 447. The Morgan fingerprint density at radius 3 is 2.88 bits per heavy atom. The van der Waals surface area contributed by atoms with Gasteiger partial charge in [-0.3, -0.25) is 0 Å². The zero-order valence-electron chi connectivity index (χ0n) is 9.62. The van der Waals surface area contributed by atoms with Crippen LogP contribution in [0.25, 0.3) is 0 Å². The predicted molar refractivity (Wildman–Crippen MR) is 65.7 cm³/mol. The third-order valence-corrected chi connectivity index (χ3v) is 3.46. The Hall–Kier alpha value is -1.13. The van der Waals surface area contributed by atoms with E-state index in [2.05, 4.69) is 17.2 Å². The van der Waals surface area contributed by atoms with E-state index in [0.717, 1.165) is 36.7 Å². The SMILES string of the molecule is Cc1ccc(CNCCc2scnc2C)o1. The number of nitrogens with one attached hydrogen (secondary N) is 1. The molecular formula is C12H16N2OS. The molecule has 3 nitrogen and oxygen atoms in total. The minimum absolute atomic E-state index is 0.797. The van der Waals surface area contributed by atoms with E-state index in [-0.39, 0.29) is 0 Å². The van der Waals surface area contributed by atoms with Gasteiger partial charge >= 0.3 is 0 Å². The highest BCUT2D eigenvalue weighted by molar-refractivity contribution is 7.09. The second kappa shape index (κ2) is 5.27. The molecule has 0 atom stereocenters. The van der Waals surface area contributed by atoms with Gasteiger partial charge in [0.2, 0.25) is 0 Å². The van der Waals surface area contributed by atoms with Gasteiger partial charge in [0.1, 0.15) is 11.5 Å². The van der Waals surface area contributed by atoms with Crippen molar-refractivity contribution in [3.8, 4) is 0 Å². The summed E-state index contributed by atoms with van der Waals surface area (Å²) in [5, 5.41) is 3.37. The van der Waals surface area contributed by atoms with Crippen LogP contribution in [-0.2, 0) is 13.0 Å². The summed E-state index contributed by atoms with van der Waals surface area (Å²) in [6, 6.07) is 4.00. The summed E-state index contributed by atoms with van der Waals surface area (Å²) in [5.74, 6) is 1.97. The van der Waals surface area contributed by atoms with E-state index in [1.807, 2.05) is 24.6 Å². The highest BCUT2D eigenvalue weighted by Crippen LogP contribution is 2.12. The molecule has 1 N–H and O–H groups in total. The second-order valence-electron chi connectivity index (χ2n) is 3.80. The molecule has 2 aromatic rings. The minimum Gasteiger partial charge on any atom is -0.465 e. The van der Waals surface area contributed by atoms with Gasteiger partial charge in [-0.05, 0) is 32.4 Å². The van der Waals surface area contributed by atoms with Crippen molar-refractivity contribution < 1.29 is 4.42 Å². The van der Waals surface area contributed by atoms with E-state index in [1.165, 1.54) is 4.88 Å². The van der Waals surface area contributed by atoms with Crippen LogP contribution in [0.1, 0.15) is 22.1 Å². The molecule has 0 unspecified atom stereocenters. The van der Waals surface area contributed by atoms with Crippen LogP contribution in [0, 0.1) is 13.8 Å². The number of thiazole rings is 1. The van der Waals surface area contributed by atoms with Gasteiger partial charge in [0, 0.05) is 11.4 Å². The standard InChI is InChI=1S/C12H16N2OS/c1-9-3-4-11(15-9)7-13-6-5-12-10(2)14-8-16-12/h3-4,8,13H,5-7H2,1-2H3. The van der Waals surface area contributed by atoms with Gasteiger partial charge in [-0.25, -0.2) is 4.98 Å². The molecule has 86 valence electrons. The molecule has 0 bridgehead atoms. The average molecular weight is 236 g/mol. The van der Waals surface area contributed by atoms with Gasteiger partial charge in [0.25, 0.3) is 0 Å². The zero-order valence-corrected chi connectivity index (χ0v) is 10.4. The van der Waals surface area contributed by atoms with Gasteiger partial charge in [0.05, 0.1) is 17.7 Å². The molecule has 0 fully saturated rings.